The number of carboxylic acid groups (broad SMARTS) is 1. The normalized spacial score (nSPS) is 12.5. The van der Waals surface area contributed by atoms with Crippen LogP contribution in [0.3, 0.4) is 0 Å². The minimum atomic E-state index is -1.07. The topological polar surface area (TPSA) is 72.8 Å². The summed E-state index contributed by atoms with van der Waals surface area (Å²) < 4.78 is 9.45. The molecule has 5 nitrogen and oxygen atoms in total. The Hall–Kier alpha value is -1.88. The van der Waals surface area contributed by atoms with E-state index in [1.807, 2.05) is 0 Å². The Balaban J connectivity index is 5.01. The summed E-state index contributed by atoms with van der Waals surface area (Å²) in [6.45, 7) is 7.28. The van der Waals surface area contributed by atoms with E-state index in [9.17, 15) is 9.59 Å². The van der Waals surface area contributed by atoms with Crippen molar-refractivity contribution >= 4 is 11.9 Å². The van der Waals surface area contributed by atoms with Gasteiger partial charge in [-0.25, -0.2) is 4.79 Å². The van der Waals surface area contributed by atoms with Gasteiger partial charge in [-0.15, -0.1) is 0 Å². The molecule has 0 amide bonds. The quantitative estimate of drug-likeness (QED) is 0.434. The third-order valence-electron chi connectivity index (χ3n) is 2.68. The number of aliphatic carboxylic acids is 1. The Morgan fingerprint density at radius 1 is 1.26 bits per heavy atom. The maximum atomic E-state index is 11.6. The molecule has 0 saturated carbocycles. The Kier molecular flexibility index (Phi) is 6.79. The maximum Gasteiger partial charge on any atom is 0.335 e. The van der Waals surface area contributed by atoms with Gasteiger partial charge in [0, 0.05) is 7.11 Å². The van der Waals surface area contributed by atoms with E-state index in [2.05, 4.69) is 11.3 Å². The maximum absolute atomic E-state index is 11.6. The van der Waals surface area contributed by atoms with Gasteiger partial charge >= 0.3 is 11.9 Å². The average Bonchev–Trinajstić information content (AvgIpc) is 2.36. The van der Waals surface area contributed by atoms with Crippen molar-refractivity contribution < 1.29 is 24.2 Å². The molecule has 0 atom stereocenters. The van der Waals surface area contributed by atoms with E-state index in [1.165, 1.54) is 32.4 Å². The van der Waals surface area contributed by atoms with E-state index in [-0.39, 0.29) is 12.2 Å². The standard InChI is InChI=1S/C14H20O5/c1-10(14(2,3)13(17)19-5)6-7-11(12(15)16)8-9-18-4/h6-8H,1,9H2,2-5H3,(H,15,16)/b7-6-,11-8+. The van der Waals surface area contributed by atoms with Crippen LogP contribution in [0.25, 0.3) is 0 Å². The number of esters is 1. The molecule has 0 aromatic rings. The van der Waals surface area contributed by atoms with Crippen LogP contribution in [-0.4, -0.2) is 37.9 Å². The SMILES string of the molecule is C=C(/C=C\C(=C/COC)C(=O)O)C(C)(C)C(=O)OC. The molecular formula is C14H20O5. The van der Waals surface area contributed by atoms with E-state index in [0.717, 1.165) is 0 Å². The van der Waals surface area contributed by atoms with Crippen molar-refractivity contribution in [2.45, 2.75) is 13.8 Å². The molecule has 0 saturated heterocycles. The smallest absolute Gasteiger partial charge is 0.335 e. The van der Waals surface area contributed by atoms with E-state index in [0.29, 0.717) is 5.57 Å². The lowest BCUT2D eigenvalue weighted by atomic mass is 9.84. The summed E-state index contributed by atoms with van der Waals surface area (Å²) in [7, 11) is 2.77. The number of allylic oxidation sites excluding steroid dienone is 1. The molecule has 5 heteroatoms. The van der Waals surface area contributed by atoms with Crippen molar-refractivity contribution in [3.8, 4) is 0 Å². The van der Waals surface area contributed by atoms with Crippen molar-refractivity contribution in [1.29, 1.82) is 0 Å². The molecule has 0 aromatic heterocycles. The number of hydrogen-bond donors (Lipinski definition) is 1. The summed E-state index contributed by atoms with van der Waals surface area (Å²) in [6, 6.07) is 0. The lowest BCUT2D eigenvalue weighted by molar-refractivity contribution is -0.148. The van der Waals surface area contributed by atoms with Crippen LogP contribution in [-0.2, 0) is 19.1 Å². The van der Waals surface area contributed by atoms with Crippen LogP contribution in [0.2, 0.25) is 0 Å². The molecule has 0 bridgehead atoms. The lowest BCUT2D eigenvalue weighted by Gasteiger charge is -2.21. The molecule has 0 heterocycles. The molecule has 0 rings (SSSR count). The van der Waals surface area contributed by atoms with Crippen LogP contribution in [0, 0.1) is 5.41 Å². The summed E-state index contributed by atoms with van der Waals surface area (Å²) in [4.78, 5) is 22.5. The molecule has 0 fully saturated rings. The van der Waals surface area contributed by atoms with E-state index >= 15 is 0 Å². The zero-order valence-corrected chi connectivity index (χ0v) is 11.7. The highest BCUT2D eigenvalue weighted by molar-refractivity contribution is 5.90. The minimum Gasteiger partial charge on any atom is -0.478 e. The monoisotopic (exact) mass is 268 g/mol. The first-order valence-electron chi connectivity index (χ1n) is 5.65. The van der Waals surface area contributed by atoms with Crippen LogP contribution in [0.5, 0.6) is 0 Å². The second kappa shape index (κ2) is 7.53. The fourth-order valence-electron chi connectivity index (χ4n) is 1.18. The van der Waals surface area contributed by atoms with Gasteiger partial charge in [0.25, 0.3) is 0 Å². The largest absolute Gasteiger partial charge is 0.478 e. The number of rotatable bonds is 7. The third kappa shape index (κ3) is 5.09. The first-order chi connectivity index (χ1) is 8.77. The van der Waals surface area contributed by atoms with Crippen molar-refractivity contribution in [3.63, 3.8) is 0 Å². The van der Waals surface area contributed by atoms with Gasteiger partial charge in [0.1, 0.15) is 0 Å². The lowest BCUT2D eigenvalue weighted by Crippen LogP contribution is -2.26. The van der Waals surface area contributed by atoms with Gasteiger partial charge in [-0.05, 0) is 31.6 Å². The van der Waals surface area contributed by atoms with Crippen LogP contribution in [0.1, 0.15) is 13.8 Å². The average molecular weight is 268 g/mol. The van der Waals surface area contributed by atoms with Crippen LogP contribution in [0.15, 0.2) is 36.0 Å². The number of methoxy groups -OCH3 is 2. The van der Waals surface area contributed by atoms with Gasteiger partial charge in [0.05, 0.1) is 24.7 Å². The Morgan fingerprint density at radius 3 is 2.26 bits per heavy atom. The predicted octanol–water partition coefficient (Wildman–Crippen LogP) is 1.96. The van der Waals surface area contributed by atoms with Crippen LogP contribution in [0.4, 0.5) is 0 Å². The predicted molar refractivity (Wildman–Crippen MR) is 71.7 cm³/mol. The number of carboxylic acids is 1. The number of carbonyl (C=O) groups is 2. The van der Waals surface area contributed by atoms with E-state index in [4.69, 9.17) is 9.84 Å². The second-order valence-electron chi connectivity index (χ2n) is 4.40. The van der Waals surface area contributed by atoms with Crippen molar-refractivity contribution in [3.05, 3.63) is 36.0 Å². The van der Waals surface area contributed by atoms with Gasteiger partial charge < -0.3 is 14.6 Å². The number of carbonyl (C=O) groups excluding carboxylic acids is 1. The van der Waals surface area contributed by atoms with E-state index in [1.54, 1.807) is 13.8 Å². The third-order valence-corrected chi connectivity index (χ3v) is 2.68. The van der Waals surface area contributed by atoms with Gasteiger partial charge in [-0.2, -0.15) is 0 Å². The first kappa shape index (κ1) is 17.1. The van der Waals surface area contributed by atoms with Gasteiger partial charge in [-0.3, -0.25) is 4.79 Å². The summed E-state index contributed by atoms with van der Waals surface area (Å²) in [5.41, 5.74) is -0.372. The summed E-state index contributed by atoms with van der Waals surface area (Å²) >= 11 is 0. The van der Waals surface area contributed by atoms with Crippen LogP contribution >= 0.6 is 0 Å². The molecule has 19 heavy (non-hydrogen) atoms. The zero-order chi connectivity index (χ0) is 15.1. The summed E-state index contributed by atoms with van der Waals surface area (Å²) in [5.74, 6) is -1.50. The molecule has 0 unspecified atom stereocenters. The highest BCUT2D eigenvalue weighted by atomic mass is 16.5. The Labute approximate surface area is 113 Å². The summed E-state index contributed by atoms with van der Waals surface area (Å²) in [5, 5.41) is 8.97. The minimum absolute atomic E-state index is 0.0728. The van der Waals surface area contributed by atoms with Gasteiger partial charge in [-0.1, -0.05) is 12.7 Å². The Morgan fingerprint density at radius 2 is 1.84 bits per heavy atom. The fraction of sp³-hybridized carbons (Fsp3) is 0.429. The second-order valence-corrected chi connectivity index (χ2v) is 4.40. The molecule has 0 radical (unpaired) electrons. The first-order valence-corrected chi connectivity index (χ1v) is 5.65. The highest BCUT2D eigenvalue weighted by Gasteiger charge is 2.30. The van der Waals surface area contributed by atoms with Gasteiger partial charge in [0.15, 0.2) is 0 Å². The molecule has 1 N–H and O–H groups in total. The van der Waals surface area contributed by atoms with E-state index < -0.39 is 17.4 Å². The molecule has 0 aliphatic rings. The van der Waals surface area contributed by atoms with Crippen molar-refractivity contribution in [1.82, 2.24) is 0 Å². The molecular weight excluding hydrogens is 248 g/mol. The summed E-state index contributed by atoms with van der Waals surface area (Å²) in [6.07, 6.45) is 4.30. The van der Waals surface area contributed by atoms with Crippen molar-refractivity contribution in [2.75, 3.05) is 20.8 Å². The molecule has 0 aliphatic heterocycles. The van der Waals surface area contributed by atoms with Gasteiger partial charge in [0.2, 0.25) is 0 Å². The molecule has 106 valence electrons. The van der Waals surface area contributed by atoms with Crippen molar-refractivity contribution in [2.24, 2.45) is 5.41 Å². The molecule has 0 spiro atoms. The number of ether oxygens (including phenoxy) is 2. The van der Waals surface area contributed by atoms with Crippen LogP contribution < -0.4 is 0 Å². The zero-order valence-electron chi connectivity index (χ0n) is 11.7. The number of hydrogen-bond acceptors (Lipinski definition) is 4. The molecule has 0 aromatic carbocycles. The fourth-order valence-corrected chi connectivity index (χ4v) is 1.18. The highest BCUT2D eigenvalue weighted by Crippen LogP contribution is 2.27. The Bertz CT molecular complexity index is 416. The molecule has 0 aliphatic carbocycles.